The minimum Gasteiger partial charge on any atom is -0.364 e. The number of carbonyl (C=O) groups is 2. The van der Waals surface area contributed by atoms with E-state index in [1.54, 1.807) is 0 Å². The number of rotatable bonds is 2. The van der Waals surface area contributed by atoms with E-state index in [-0.39, 0.29) is 11.8 Å². The molecule has 0 saturated heterocycles. The molecule has 2 aliphatic rings. The molecule has 1 aromatic rings. The van der Waals surface area contributed by atoms with Crippen molar-refractivity contribution in [2.75, 3.05) is 16.8 Å². The number of nitrogens with one attached hydrogen (secondary N) is 2. The van der Waals surface area contributed by atoms with Crippen molar-refractivity contribution in [3.05, 3.63) is 24.3 Å². The predicted octanol–water partition coefficient (Wildman–Crippen LogP) is 2.28. The predicted molar refractivity (Wildman–Crippen MR) is 86.9 cm³/mol. The van der Waals surface area contributed by atoms with Crippen LogP contribution in [0, 0.1) is 0 Å². The van der Waals surface area contributed by atoms with Crippen LogP contribution in [0.1, 0.15) is 39.0 Å². The van der Waals surface area contributed by atoms with Gasteiger partial charge in [-0.3, -0.25) is 9.59 Å². The Hall–Kier alpha value is -2.04. The van der Waals surface area contributed by atoms with Gasteiger partial charge in [-0.1, -0.05) is 31.4 Å². The molecule has 3 rings (SSSR count). The lowest BCUT2D eigenvalue weighted by molar-refractivity contribution is -0.124. The second-order valence-corrected chi connectivity index (χ2v) is 6.20. The Morgan fingerprint density at radius 2 is 1.95 bits per heavy atom. The molecule has 0 radical (unpaired) electrons. The van der Waals surface area contributed by atoms with Crippen LogP contribution in [0.15, 0.2) is 24.3 Å². The van der Waals surface area contributed by atoms with Crippen LogP contribution < -0.4 is 15.5 Å². The fourth-order valence-corrected chi connectivity index (χ4v) is 3.52. The van der Waals surface area contributed by atoms with Crippen LogP contribution in [0.5, 0.6) is 0 Å². The Morgan fingerprint density at radius 3 is 2.68 bits per heavy atom. The van der Waals surface area contributed by atoms with E-state index >= 15 is 0 Å². The number of carbonyl (C=O) groups excluding carboxylic acids is 2. The third kappa shape index (κ3) is 3.08. The second-order valence-electron chi connectivity index (χ2n) is 6.20. The molecule has 118 valence electrons. The van der Waals surface area contributed by atoms with Gasteiger partial charge in [0.1, 0.15) is 6.04 Å². The van der Waals surface area contributed by atoms with E-state index in [1.807, 2.05) is 18.2 Å². The summed E-state index contributed by atoms with van der Waals surface area (Å²) in [5.74, 6) is -0.310. The molecule has 1 unspecified atom stereocenters. The average Bonchev–Trinajstić information content (AvgIpc) is 2.65. The van der Waals surface area contributed by atoms with Crippen LogP contribution in [0.4, 0.5) is 11.4 Å². The molecule has 0 bridgehead atoms. The summed E-state index contributed by atoms with van der Waals surface area (Å²) in [6.07, 6.45) is 6.05. The zero-order chi connectivity index (χ0) is 15.5. The highest BCUT2D eigenvalue weighted by atomic mass is 16.2. The highest BCUT2D eigenvalue weighted by molar-refractivity contribution is 6.01. The minimum absolute atomic E-state index is 0.138. The zero-order valence-electron chi connectivity index (χ0n) is 13.0. The van der Waals surface area contributed by atoms with Crippen LogP contribution in [0.25, 0.3) is 0 Å². The van der Waals surface area contributed by atoms with Crippen molar-refractivity contribution in [1.29, 1.82) is 0 Å². The van der Waals surface area contributed by atoms with Gasteiger partial charge in [-0.15, -0.1) is 0 Å². The number of amides is 2. The Bertz CT molecular complexity index is 567. The van der Waals surface area contributed by atoms with Crippen molar-refractivity contribution in [1.82, 2.24) is 5.32 Å². The third-order valence-corrected chi connectivity index (χ3v) is 4.56. The fraction of sp³-hybridized carbons (Fsp3) is 0.529. The molecule has 1 aliphatic carbocycles. The first-order valence-corrected chi connectivity index (χ1v) is 8.09. The van der Waals surface area contributed by atoms with Gasteiger partial charge in [0, 0.05) is 19.5 Å². The maximum Gasteiger partial charge on any atom is 0.248 e. The monoisotopic (exact) mass is 301 g/mol. The summed E-state index contributed by atoms with van der Waals surface area (Å²) in [5.41, 5.74) is 1.90. The van der Waals surface area contributed by atoms with Gasteiger partial charge >= 0.3 is 0 Å². The summed E-state index contributed by atoms with van der Waals surface area (Å²) < 4.78 is 0. The summed E-state index contributed by atoms with van der Waals surface area (Å²) in [4.78, 5) is 26.1. The number of benzene rings is 1. The van der Waals surface area contributed by atoms with E-state index in [1.165, 1.54) is 26.2 Å². The largest absolute Gasteiger partial charge is 0.364 e. The first kappa shape index (κ1) is 14.9. The molecule has 22 heavy (non-hydrogen) atoms. The molecule has 5 heteroatoms. The Balaban J connectivity index is 1.92. The minimum atomic E-state index is -0.508. The van der Waals surface area contributed by atoms with Gasteiger partial charge in [-0.25, -0.2) is 0 Å². The first-order valence-electron chi connectivity index (χ1n) is 8.09. The van der Waals surface area contributed by atoms with E-state index in [9.17, 15) is 9.59 Å². The van der Waals surface area contributed by atoms with Crippen molar-refractivity contribution < 1.29 is 9.59 Å². The Morgan fingerprint density at radius 1 is 1.23 bits per heavy atom. The summed E-state index contributed by atoms with van der Waals surface area (Å²) in [6, 6.07) is 7.85. The number of fused-ring (bicyclic) bond motifs is 1. The fourth-order valence-electron chi connectivity index (χ4n) is 3.52. The number of hydrogen-bond donors (Lipinski definition) is 2. The lowest BCUT2D eigenvalue weighted by Gasteiger charge is -2.37. The highest BCUT2D eigenvalue weighted by Crippen LogP contribution is 2.34. The third-order valence-electron chi connectivity index (χ3n) is 4.56. The second kappa shape index (κ2) is 6.38. The van der Waals surface area contributed by atoms with E-state index in [0.717, 1.165) is 24.2 Å². The van der Waals surface area contributed by atoms with Crippen LogP contribution in [-0.4, -0.2) is 30.4 Å². The average molecular weight is 301 g/mol. The van der Waals surface area contributed by atoms with Gasteiger partial charge in [0.15, 0.2) is 0 Å². The van der Waals surface area contributed by atoms with E-state index < -0.39 is 6.04 Å². The molecule has 5 nitrogen and oxygen atoms in total. The molecule has 2 N–H and O–H groups in total. The van der Waals surface area contributed by atoms with Crippen molar-refractivity contribution >= 4 is 23.2 Å². The number of anilines is 2. The maximum atomic E-state index is 12.4. The lowest BCUT2D eigenvalue weighted by atomic mass is 9.93. The van der Waals surface area contributed by atoms with Gasteiger partial charge in [0.05, 0.1) is 11.4 Å². The molecular weight excluding hydrogens is 278 g/mol. The van der Waals surface area contributed by atoms with Crippen molar-refractivity contribution in [2.24, 2.45) is 0 Å². The SMILES string of the molecule is CC(=O)NC1CN(C2CCCCC2)c2ccccc2NC1=O. The smallest absolute Gasteiger partial charge is 0.248 e. The van der Waals surface area contributed by atoms with E-state index in [2.05, 4.69) is 21.6 Å². The van der Waals surface area contributed by atoms with Crippen molar-refractivity contribution in [3.8, 4) is 0 Å². The molecule has 1 aromatic carbocycles. The van der Waals surface area contributed by atoms with E-state index in [4.69, 9.17) is 0 Å². The molecule has 1 atom stereocenters. The van der Waals surface area contributed by atoms with Crippen molar-refractivity contribution in [3.63, 3.8) is 0 Å². The quantitative estimate of drug-likeness (QED) is 0.881. The number of nitrogens with zero attached hydrogens (tertiary/aromatic N) is 1. The number of para-hydroxylation sites is 2. The molecule has 1 heterocycles. The van der Waals surface area contributed by atoms with Crippen LogP contribution in [0.2, 0.25) is 0 Å². The highest BCUT2D eigenvalue weighted by Gasteiger charge is 2.32. The van der Waals surface area contributed by atoms with Gasteiger partial charge in [-0.2, -0.15) is 0 Å². The molecule has 2 amide bonds. The molecule has 0 spiro atoms. The van der Waals surface area contributed by atoms with Gasteiger partial charge in [0.25, 0.3) is 0 Å². The van der Waals surface area contributed by atoms with Gasteiger partial charge in [-0.05, 0) is 25.0 Å². The zero-order valence-corrected chi connectivity index (χ0v) is 13.0. The van der Waals surface area contributed by atoms with Crippen LogP contribution >= 0.6 is 0 Å². The summed E-state index contributed by atoms with van der Waals surface area (Å²) in [6.45, 7) is 1.99. The summed E-state index contributed by atoms with van der Waals surface area (Å²) in [7, 11) is 0. The van der Waals surface area contributed by atoms with Gasteiger partial charge < -0.3 is 15.5 Å². The summed E-state index contributed by atoms with van der Waals surface area (Å²) >= 11 is 0. The number of hydrogen-bond acceptors (Lipinski definition) is 3. The van der Waals surface area contributed by atoms with E-state index in [0.29, 0.717) is 12.6 Å². The normalized spacial score (nSPS) is 22.5. The van der Waals surface area contributed by atoms with Gasteiger partial charge in [0.2, 0.25) is 11.8 Å². The van der Waals surface area contributed by atoms with Crippen LogP contribution in [-0.2, 0) is 9.59 Å². The maximum absolute atomic E-state index is 12.4. The molecule has 1 aliphatic heterocycles. The topological polar surface area (TPSA) is 61.4 Å². The summed E-state index contributed by atoms with van der Waals surface area (Å²) in [5, 5.41) is 5.73. The molecule has 0 aromatic heterocycles. The van der Waals surface area contributed by atoms with Crippen LogP contribution in [0.3, 0.4) is 0 Å². The first-order chi connectivity index (χ1) is 10.6. The molecule has 1 saturated carbocycles. The van der Waals surface area contributed by atoms with Crippen molar-refractivity contribution in [2.45, 2.75) is 51.1 Å². The Labute approximate surface area is 131 Å². The standard InChI is InChI=1S/C17H23N3O2/c1-12(21)18-15-11-20(13-7-3-2-4-8-13)16-10-6-5-9-14(16)19-17(15)22/h5-6,9-10,13,15H,2-4,7-8,11H2,1H3,(H,18,21)(H,19,22). The Kier molecular flexibility index (Phi) is 4.32. The molecule has 1 fully saturated rings. The molecular formula is C17H23N3O2. The lowest BCUT2D eigenvalue weighted by Crippen LogP contribution is -2.51.